The van der Waals surface area contributed by atoms with Gasteiger partial charge in [0.1, 0.15) is 22.8 Å². The monoisotopic (exact) mass is 616 g/mol. The number of hydrogen-bond acceptors (Lipinski definition) is 9. The van der Waals surface area contributed by atoms with Crippen molar-refractivity contribution in [1.29, 1.82) is 0 Å². The molecule has 0 N–H and O–H groups in total. The van der Waals surface area contributed by atoms with E-state index in [2.05, 4.69) is 20.5 Å². The highest BCUT2D eigenvalue weighted by Crippen LogP contribution is 2.62. The maximum atomic E-state index is 12.4. The van der Waals surface area contributed by atoms with Gasteiger partial charge >= 0.3 is 5.97 Å². The Bertz CT molecular complexity index is 1760. The number of aromatic nitrogens is 3. The molecule has 11 heteroatoms. The van der Waals surface area contributed by atoms with Gasteiger partial charge in [0.25, 0.3) is 5.79 Å². The summed E-state index contributed by atoms with van der Waals surface area (Å²) >= 11 is 6.06. The SMILES string of the molecule is COC(=O)c1cc(OC)c2nc(CN3C[C@@H]4C(c5cccc6c5OC(C)(c5ccc(Cl)cn5)O6)[C@@H]4C3)n(CC3CCO3)c2c1. The van der Waals surface area contributed by atoms with Crippen molar-refractivity contribution >= 4 is 28.6 Å². The third kappa shape index (κ3) is 4.50. The number of imidazole rings is 1. The number of carbonyl (C=O) groups excluding carboxylic acids is 1. The number of fused-ring (bicyclic) bond motifs is 3. The fourth-order valence-corrected chi connectivity index (χ4v) is 7.26. The first-order chi connectivity index (χ1) is 21.3. The number of rotatable bonds is 8. The Morgan fingerprint density at radius 2 is 1.95 bits per heavy atom. The Morgan fingerprint density at radius 1 is 1.14 bits per heavy atom. The van der Waals surface area contributed by atoms with Crippen LogP contribution >= 0.6 is 11.6 Å². The van der Waals surface area contributed by atoms with Crippen molar-refractivity contribution in [2.75, 3.05) is 33.9 Å². The minimum absolute atomic E-state index is 0.131. The van der Waals surface area contributed by atoms with Gasteiger partial charge in [-0.3, -0.25) is 9.88 Å². The number of likely N-dealkylation sites (tertiary alicyclic amines) is 1. The second kappa shape index (κ2) is 10.4. The van der Waals surface area contributed by atoms with E-state index in [0.29, 0.717) is 52.9 Å². The fraction of sp³-hybridized carbons (Fsp3) is 0.424. The predicted molar refractivity (Wildman–Crippen MR) is 161 cm³/mol. The van der Waals surface area contributed by atoms with Crippen LogP contribution in [0.2, 0.25) is 5.02 Å². The normalized spacial score (nSPS) is 26.8. The number of hydrogen-bond donors (Lipinski definition) is 0. The molecule has 2 aromatic carbocycles. The predicted octanol–water partition coefficient (Wildman–Crippen LogP) is 5.16. The molecule has 2 saturated heterocycles. The van der Waals surface area contributed by atoms with Crippen LogP contribution in [0.5, 0.6) is 17.2 Å². The van der Waals surface area contributed by atoms with Gasteiger partial charge in [0.15, 0.2) is 11.5 Å². The zero-order valence-electron chi connectivity index (χ0n) is 24.8. The van der Waals surface area contributed by atoms with E-state index in [1.54, 1.807) is 25.4 Å². The lowest BCUT2D eigenvalue weighted by Gasteiger charge is -2.28. The second-order valence-corrected chi connectivity index (χ2v) is 12.6. The molecule has 228 valence electrons. The van der Waals surface area contributed by atoms with Gasteiger partial charge in [-0.15, -0.1) is 0 Å². The van der Waals surface area contributed by atoms with Gasteiger partial charge < -0.3 is 28.3 Å². The van der Waals surface area contributed by atoms with Gasteiger partial charge in [0.05, 0.1) is 49.5 Å². The zero-order valence-corrected chi connectivity index (χ0v) is 25.5. The maximum Gasteiger partial charge on any atom is 0.338 e. The fourth-order valence-electron chi connectivity index (χ4n) is 7.15. The number of nitrogens with zero attached hydrogens (tertiary/aromatic N) is 4. The molecule has 5 atom stereocenters. The highest BCUT2D eigenvalue weighted by molar-refractivity contribution is 6.30. The minimum atomic E-state index is -1.00. The van der Waals surface area contributed by atoms with Crippen molar-refractivity contribution in [3.8, 4) is 17.2 Å². The summed E-state index contributed by atoms with van der Waals surface area (Å²) in [4.78, 5) is 24.4. The molecule has 3 aliphatic heterocycles. The zero-order chi connectivity index (χ0) is 30.2. The van der Waals surface area contributed by atoms with E-state index in [-0.39, 0.29) is 6.10 Å². The molecule has 3 fully saturated rings. The Balaban J connectivity index is 1.02. The molecule has 4 aliphatic rings. The number of pyridine rings is 1. The van der Waals surface area contributed by atoms with Crippen molar-refractivity contribution in [3.63, 3.8) is 0 Å². The van der Waals surface area contributed by atoms with Crippen LogP contribution in [-0.4, -0.2) is 65.4 Å². The summed E-state index contributed by atoms with van der Waals surface area (Å²) < 4.78 is 31.4. The quantitative estimate of drug-likeness (QED) is 0.249. The van der Waals surface area contributed by atoms with E-state index in [9.17, 15) is 4.79 Å². The molecular weight excluding hydrogens is 584 g/mol. The number of esters is 1. The Kier molecular flexibility index (Phi) is 6.51. The number of piperidine rings is 1. The molecule has 2 aromatic heterocycles. The standard InChI is InChI=1S/C33H33ClN4O6/c1-33(27-8-7-19(34)13-35-27)43-25-6-4-5-21(31(25)44-33)29-22-15-37(16-23(22)29)17-28-36-30-24(38(28)14-20-9-10-42-20)11-18(32(39)41-3)12-26(30)40-2/h4-8,11-13,20,22-23,29H,9-10,14-17H2,1-3H3/t20?,22-,23+,29?,33?. The van der Waals surface area contributed by atoms with Gasteiger partial charge in [-0.25, -0.2) is 9.78 Å². The van der Waals surface area contributed by atoms with Gasteiger partial charge in [0.2, 0.25) is 0 Å². The molecule has 3 unspecified atom stereocenters. The third-order valence-corrected chi connectivity index (χ3v) is 9.74. The van der Waals surface area contributed by atoms with Crippen molar-refractivity contribution < 1.29 is 28.5 Å². The van der Waals surface area contributed by atoms with Crippen LogP contribution in [0.3, 0.4) is 0 Å². The first-order valence-electron chi connectivity index (χ1n) is 15.0. The highest BCUT2D eigenvalue weighted by Gasteiger charge is 2.58. The molecule has 5 heterocycles. The van der Waals surface area contributed by atoms with Crippen molar-refractivity contribution in [1.82, 2.24) is 19.4 Å². The van der Waals surface area contributed by atoms with Crippen molar-refractivity contribution in [3.05, 3.63) is 76.3 Å². The lowest BCUT2D eigenvalue weighted by Crippen LogP contribution is -2.33. The molecule has 8 rings (SSSR count). The smallest absolute Gasteiger partial charge is 0.338 e. The summed E-state index contributed by atoms with van der Waals surface area (Å²) in [7, 11) is 2.98. The van der Waals surface area contributed by atoms with E-state index in [1.165, 1.54) is 12.7 Å². The van der Waals surface area contributed by atoms with Crippen molar-refractivity contribution in [2.45, 2.75) is 44.2 Å². The van der Waals surface area contributed by atoms with E-state index < -0.39 is 11.8 Å². The molecule has 0 radical (unpaired) electrons. The van der Waals surface area contributed by atoms with Gasteiger partial charge in [-0.05, 0) is 54.5 Å². The average molecular weight is 617 g/mol. The summed E-state index contributed by atoms with van der Waals surface area (Å²) in [6.07, 6.45) is 2.75. The largest absolute Gasteiger partial charge is 0.494 e. The number of carbonyl (C=O) groups is 1. The van der Waals surface area contributed by atoms with Crippen LogP contribution in [0.1, 0.15) is 46.7 Å². The van der Waals surface area contributed by atoms with E-state index in [0.717, 1.165) is 54.5 Å². The van der Waals surface area contributed by atoms with E-state index >= 15 is 0 Å². The molecule has 0 spiro atoms. The second-order valence-electron chi connectivity index (χ2n) is 12.2. The summed E-state index contributed by atoms with van der Waals surface area (Å²) in [5.41, 5.74) is 3.91. The van der Waals surface area contributed by atoms with Gasteiger partial charge in [-0.2, -0.15) is 0 Å². The van der Waals surface area contributed by atoms with Crippen LogP contribution in [0.25, 0.3) is 11.0 Å². The van der Waals surface area contributed by atoms with Crippen LogP contribution in [0.4, 0.5) is 0 Å². The molecule has 10 nitrogen and oxygen atoms in total. The van der Waals surface area contributed by atoms with Gasteiger partial charge in [0, 0.05) is 38.4 Å². The minimum Gasteiger partial charge on any atom is -0.494 e. The number of ether oxygens (including phenoxy) is 5. The Hall–Kier alpha value is -3.86. The highest BCUT2D eigenvalue weighted by atomic mass is 35.5. The number of halogens is 1. The lowest BCUT2D eigenvalue weighted by molar-refractivity contribution is -0.0721. The average Bonchev–Trinajstić information content (AvgIpc) is 3.29. The first-order valence-corrected chi connectivity index (χ1v) is 15.4. The van der Waals surface area contributed by atoms with Crippen LogP contribution < -0.4 is 14.2 Å². The van der Waals surface area contributed by atoms with Crippen LogP contribution in [0.15, 0.2) is 48.7 Å². The lowest BCUT2D eigenvalue weighted by atomic mass is 10.0. The summed E-state index contributed by atoms with van der Waals surface area (Å²) in [5.74, 6) is 3.12. The Labute approximate surface area is 259 Å². The Morgan fingerprint density at radius 3 is 2.64 bits per heavy atom. The van der Waals surface area contributed by atoms with Crippen LogP contribution in [0, 0.1) is 11.8 Å². The molecular formula is C33H33ClN4O6. The number of para-hydroxylation sites is 1. The molecule has 0 amide bonds. The molecule has 1 aliphatic carbocycles. The summed E-state index contributed by atoms with van der Waals surface area (Å²) in [6.45, 7) is 5.97. The van der Waals surface area contributed by atoms with E-state index in [4.69, 9.17) is 40.3 Å². The molecule has 1 saturated carbocycles. The van der Waals surface area contributed by atoms with Crippen molar-refractivity contribution in [2.24, 2.45) is 11.8 Å². The third-order valence-electron chi connectivity index (χ3n) is 9.52. The number of benzene rings is 2. The number of methoxy groups -OCH3 is 2. The molecule has 44 heavy (non-hydrogen) atoms. The first kappa shape index (κ1) is 27.7. The van der Waals surface area contributed by atoms with E-state index in [1.807, 2.05) is 31.2 Å². The molecule has 4 aromatic rings. The molecule has 0 bridgehead atoms. The summed E-state index contributed by atoms with van der Waals surface area (Å²) in [5, 5.41) is 0.570. The van der Waals surface area contributed by atoms with Crippen LogP contribution in [-0.2, 0) is 28.4 Å². The topological polar surface area (TPSA) is 97.2 Å². The summed E-state index contributed by atoms with van der Waals surface area (Å²) in [6, 6.07) is 13.4. The maximum absolute atomic E-state index is 12.4. The van der Waals surface area contributed by atoms with Gasteiger partial charge in [-0.1, -0.05) is 23.7 Å².